The van der Waals surface area contributed by atoms with Gasteiger partial charge in [-0.1, -0.05) is 23.9 Å². The zero-order chi connectivity index (χ0) is 21.0. The lowest BCUT2D eigenvalue weighted by molar-refractivity contribution is 0.340. The third-order valence-electron chi connectivity index (χ3n) is 4.64. The SMILES string of the molecule is CCOc1ccc(-n2c(SCc3nc4ccccc4o3)nnc2-c2ccncc2)cc1. The molecule has 2 aromatic carbocycles. The van der Waals surface area contributed by atoms with E-state index in [-0.39, 0.29) is 0 Å². The van der Waals surface area contributed by atoms with E-state index in [4.69, 9.17) is 9.15 Å². The van der Waals surface area contributed by atoms with Gasteiger partial charge < -0.3 is 9.15 Å². The molecule has 3 aromatic heterocycles. The number of ether oxygens (including phenoxy) is 1. The minimum absolute atomic E-state index is 0.542. The number of oxazole rings is 1. The quantitative estimate of drug-likeness (QED) is 0.331. The number of para-hydroxylation sites is 2. The van der Waals surface area contributed by atoms with Crippen LogP contribution in [0.15, 0.2) is 82.6 Å². The molecule has 0 aliphatic carbocycles. The van der Waals surface area contributed by atoms with E-state index in [0.29, 0.717) is 18.3 Å². The monoisotopic (exact) mass is 429 g/mol. The summed E-state index contributed by atoms with van der Waals surface area (Å²) in [5.74, 6) is 2.76. The van der Waals surface area contributed by atoms with E-state index in [0.717, 1.165) is 39.1 Å². The van der Waals surface area contributed by atoms with Crippen molar-refractivity contribution in [2.75, 3.05) is 6.61 Å². The van der Waals surface area contributed by atoms with Gasteiger partial charge >= 0.3 is 0 Å². The van der Waals surface area contributed by atoms with Crippen LogP contribution in [0.25, 0.3) is 28.2 Å². The van der Waals surface area contributed by atoms with Crippen molar-refractivity contribution in [1.82, 2.24) is 24.7 Å². The Morgan fingerprint density at radius 1 is 0.968 bits per heavy atom. The second-order valence-corrected chi connectivity index (χ2v) is 7.61. The first kappa shape index (κ1) is 19.3. The number of pyridine rings is 1. The molecule has 0 aliphatic rings. The smallest absolute Gasteiger partial charge is 0.205 e. The van der Waals surface area contributed by atoms with Gasteiger partial charge in [0.25, 0.3) is 0 Å². The molecule has 0 bridgehead atoms. The molecule has 3 heterocycles. The molecule has 5 aromatic rings. The number of hydrogen-bond donors (Lipinski definition) is 0. The maximum Gasteiger partial charge on any atom is 0.205 e. The Kier molecular flexibility index (Phi) is 5.37. The molecule has 0 saturated heterocycles. The molecule has 0 unspecified atom stereocenters. The van der Waals surface area contributed by atoms with Crippen molar-refractivity contribution in [3.05, 3.63) is 78.9 Å². The molecule has 0 N–H and O–H groups in total. The second kappa shape index (κ2) is 8.61. The lowest BCUT2D eigenvalue weighted by atomic mass is 10.2. The molecule has 0 atom stereocenters. The number of nitrogens with zero attached hydrogens (tertiary/aromatic N) is 5. The minimum Gasteiger partial charge on any atom is -0.494 e. The Hall–Kier alpha value is -3.65. The summed E-state index contributed by atoms with van der Waals surface area (Å²) in [4.78, 5) is 8.67. The molecule has 8 heteroatoms. The summed E-state index contributed by atoms with van der Waals surface area (Å²) in [7, 11) is 0. The van der Waals surface area contributed by atoms with Crippen LogP contribution >= 0.6 is 11.8 Å². The van der Waals surface area contributed by atoms with Gasteiger partial charge in [0, 0.05) is 23.6 Å². The van der Waals surface area contributed by atoms with Crippen LogP contribution in [0.5, 0.6) is 5.75 Å². The molecule has 0 aliphatic heterocycles. The van der Waals surface area contributed by atoms with Gasteiger partial charge in [-0.15, -0.1) is 10.2 Å². The first-order valence-corrected chi connectivity index (χ1v) is 10.9. The summed E-state index contributed by atoms with van der Waals surface area (Å²) in [5.41, 5.74) is 3.51. The Balaban J connectivity index is 1.49. The predicted octanol–water partition coefficient (Wildman–Crippen LogP) is 5.16. The number of hydrogen-bond acceptors (Lipinski definition) is 7. The summed E-state index contributed by atoms with van der Waals surface area (Å²) in [6.07, 6.45) is 3.50. The van der Waals surface area contributed by atoms with Gasteiger partial charge in [-0.05, 0) is 55.5 Å². The van der Waals surface area contributed by atoms with E-state index < -0.39 is 0 Å². The second-order valence-electron chi connectivity index (χ2n) is 6.67. The van der Waals surface area contributed by atoms with Crippen LogP contribution < -0.4 is 4.74 Å². The van der Waals surface area contributed by atoms with Gasteiger partial charge in [0.05, 0.1) is 12.4 Å². The third-order valence-corrected chi connectivity index (χ3v) is 5.55. The number of fused-ring (bicyclic) bond motifs is 1. The van der Waals surface area contributed by atoms with Gasteiger partial charge in [0.1, 0.15) is 11.3 Å². The van der Waals surface area contributed by atoms with E-state index >= 15 is 0 Å². The largest absolute Gasteiger partial charge is 0.494 e. The predicted molar refractivity (Wildman–Crippen MR) is 119 cm³/mol. The normalized spacial score (nSPS) is 11.1. The molecule has 0 spiro atoms. The lowest BCUT2D eigenvalue weighted by Gasteiger charge is -2.11. The number of aromatic nitrogens is 5. The molecule has 0 radical (unpaired) electrons. The van der Waals surface area contributed by atoms with Gasteiger partial charge in [0.2, 0.25) is 5.89 Å². The van der Waals surface area contributed by atoms with E-state index in [1.54, 1.807) is 12.4 Å². The van der Waals surface area contributed by atoms with Crippen LogP contribution in [-0.2, 0) is 5.75 Å². The summed E-state index contributed by atoms with van der Waals surface area (Å²) in [6.45, 7) is 2.59. The average Bonchev–Trinajstić information content (AvgIpc) is 3.43. The summed E-state index contributed by atoms with van der Waals surface area (Å²) >= 11 is 1.53. The molecular weight excluding hydrogens is 410 g/mol. The molecule has 31 heavy (non-hydrogen) atoms. The zero-order valence-corrected chi connectivity index (χ0v) is 17.6. The molecule has 0 saturated carbocycles. The highest BCUT2D eigenvalue weighted by Gasteiger charge is 2.17. The van der Waals surface area contributed by atoms with Crippen LogP contribution in [0.4, 0.5) is 0 Å². The molecular formula is C23H19N5O2S. The maximum atomic E-state index is 5.86. The van der Waals surface area contributed by atoms with Gasteiger partial charge in [-0.25, -0.2) is 4.98 Å². The summed E-state index contributed by atoms with van der Waals surface area (Å²) < 4.78 is 13.5. The summed E-state index contributed by atoms with van der Waals surface area (Å²) in [6, 6.07) is 19.5. The van der Waals surface area contributed by atoms with Crippen LogP contribution in [0, 0.1) is 0 Å². The van der Waals surface area contributed by atoms with Crippen LogP contribution in [0.3, 0.4) is 0 Å². The van der Waals surface area contributed by atoms with E-state index in [2.05, 4.69) is 20.2 Å². The molecule has 0 fully saturated rings. The van der Waals surface area contributed by atoms with Crippen molar-refractivity contribution < 1.29 is 9.15 Å². The lowest BCUT2D eigenvalue weighted by Crippen LogP contribution is -2.00. The van der Waals surface area contributed by atoms with Crippen LogP contribution in [-0.4, -0.2) is 31.3 Å². The van der Waals surface area contributed by atoms with E-state index in [9.17, 15) is 0 Å². The Morgan fingerprint density at radius 3 is 2.55 bits per heavy atom. The summed E-state index contributed by atoms with van der Waals surface area (Å²) in [5, 5.41) is 9.66. The Bertz CT molecular complexity index is 1270. The number of rotatable bonds is 7. The fraction of sp³-hybridized carbons (Fsp3) is 0.130. The average molecular weight is 430 g/mol. The van der Waals surface area contributed by atoms with E-state index in [1.807, 2.05) is 72.2 Å². The molecule has 0 amide bonds. The topological polar surface area (TPSA) is 78.9 Å². The standard InChI is InChI=1S/C23H19N5O2S/c1-2-29-18-9-7-17(8-10-18)28-22(16-11-13-24-14-12-16)26-27-23(28)31-15-21-25-19-5-3-4-6-20(19)30-21/h3-14H,2,15H2,1H3. The fourth-order valence-corrected chi connectivity index (χ4v) is 4.05. The van der Waals surface area contributed by atoms with Gasteiger partial charge in [-0.3, -0.25) is 9.55 Å². The number of thioether (sulfide) groups is 1. The minimum atomic E-state index is 0.542. The highest BCUT2D eigenvalue weighted by atomic mass is 32.2. The van der Waals surface area contributed by atoms with Crippen LogP contribution in [0.1, 0.15) is 12.8 Å². The first-order chi connectivity index (χ1) is 15.3. The Morgan fingerprint density at radius 2 is 1.77 bits per heavy atom. The van der Waals surface area contributed by atoms with Gasteiger partial charge in [0.15, 0.2) is 16.6 Å². The molecule has 5 rings (SSSR count). The fourth-order valence-electron chi connectivity index (χ4n) is 3.25. The van der Waals surface area contributed by atoms with Gasteiger partial charge in [-0.2, -0.15) is 0 Å². The van der Waals surface area contributed by atoms with Crippen LogP contribution in [0.2, 0.25) is 0 Å². The highest BCUT2D eigenvalue weighted by molar-refractivity contribution is 7.98. The zero-order valence-electron chi connectivity index (χ0n) is 16.8. The third kappa shape index (κ3) is 4.02. The van der Waals surface area contributed by atoms with E-state index in [1.165, 1.54) is 11.8 Å². The maximum absolute atomic E-state index is 5.86. The molecule has 154 valence electrons. The van der Waals surface area contributed by atoms with Crippen molar-refractivity contribution in [3.8, 4) is 22.8 Å². The van der Waals surface area contributed by atoms with Crippen molar-refractivity contribution in [2.24, 2.45) is 0 Å². The van der Waals surface area contributed by atoms with Crippen molar-refractivity contribution in [3.63, 3.8) is 0 Å². The van der Waals surface area contributed by atoms with Crippen molar-refractivity contribution in [2.45, 2.75) is 17.8 Å². The molecule has 7 nitrogen and oxygen atoms in total. The first-order valence-electron chi connectivity index (χ1n) is 9.88. The Labute approximate surface area is 183 Å². The van der Waals surface area contributed by atoms with Crippen molar-refractivity contribution in [1.29, 1.82) is 0 Å². The number of benzene rings is 2. The highest BCUT2D eigenvalue weighted by Crippen LogP contribution is 2.30. The van der Waals surface area contributed by atoms with Crippen molar-refractivity contribution >= 4 is 22.9 Å².